The van der Waals surface area contributed by atoms with Gasteiger partial charge in [0.2, 0.25) is 0 Å². The van der Waals surface area contributed by atoms with Crippen LogP contribution in [0.5, 0.6) is 0 Å². The third-order valence-corrected chi connectivity index (χ3v) is 2.65. The Morgan fingerprint density at radius 1 is 1.20 bits per heavy atom. The number of amides is 1. The largest absolute Gasteiger partial charge is 0.372 e. The SMILES string of the molecule is CNc1ccc(C(=O)Nc2ccc(CC#N)cc2)nn1. The van der Waals surface area contributed by atoms with E-state index in [4.69, 9.17) is 5.26 Å². The summed E-state index contributed by atoms with van der Waals surface area (Å²) in [5.41, 5.74) is 1.80. The summed E-state index contributed by atoms with van der Waals surface area (Å²) >= 11 is 0. The Hall–Kier alpha value is -2.94. The number of nitriles is 1. The van der Waals surface area contributed by atoms with Gasteiger partial charge in [-0.25, -0.2) is 0 Å². The lowest BCUT2D eigenvalue weighted by Crippen LogP contribution is -2.14. The molecule has 20 heavy (non-hydrogen) atoms. The first kappa shape index (κ1) is 13.5. The van der Waals surface area contributed by atoms with Crippen LogP contribution in [0.1, 0.15) is 16.1 Å². The fourth-order valence-electron chi connectivity index (χ4n) is 1.58. The van der Waals surface area contributed by atoms with Crippen LogP contribution < -0.4 is 10.6 Å². The molecule has 0 aliphatic rings. The summed E-state index contributed by atoms with van der Waals surface area (Å²) < 4.78 is 0. The summed E-state index contributed by atoms with van der Waals surface area (Å²) in [4.78, 5) is 11.9. The van der Waals surface area contributed by atoms with Crippen LogP contribution in [0, 0.1) is 11.3 Å². The van der Waals surface area contributed by atoms with Gasteiger partial charge in [-0.05, 0) is 29.8 Å². The molecule has 1 heterocycles. The molecule has 6 heteroatoms. The van der Waals surface area contributed by atoms with E-state index in [9.17, 15) is 4.79 Å². The fourth-order valence-corrected chi connectivity index (χ4v) is 1.58. The van der Waals surface area contributed by atoms with Crippen molar-refractivity contribution in [3.05, 3.63) is 47.7 Å². The van der Waals surface area contributed by atoms with Crippen molar-refractivity contribution in [3.63, 3.8) is 0 Å². The van der Waals surface area contributed by atoms with Gasteiger partial charge in [-0.15, -0.1) is 10.2 Å². The summed E-state index contributed by atoms with van der Waals surface area (Å²) in [6.45, 7) is 0. The van der Waals surface area contributed by atoms with Crippen molar-refractivity contribution < 1.29 is 4.79 Å². The van der Waals surface area contributed by atoms with Gasteiger partial charge in [-0.2, -0.15) is 5.26 Å². The Morgan fingerprint density at radius 3 is 2.50 bits per heavy atom. The van der Waals surface area contributed by atoms with Crippen molar-refractivity contribution in [3.8, 4) is 6.07 Å². The molecule has 0 radical (unpaired) electrons. The predicted molar refractivity (Wildman–Crippen MR) is 75.3 cm³/mol. The van der Waals surface area contributed by atoms with Gasteiger partial charge in [0.15, 0.2) is 5.69 Å². The van der Waals surface area contributed by atoms with Crippen molar-refractivity contribution >= 4 is 17.4 Å². The maximum Gasteiger partial charge on any atom is 0.276 e. The number of nitrogens with zero attached hydrogens (tertiary/aromatic N) is 3. The van der Waals surface area contributed by atoms with Gasteiger partial charge in [0.1, 0.15) is 5.82 Å². The van der Waals surface area contributed by atoms with Crippen molar-refractivity contribution in [1.82, 2.24) is 10.2 Å². The summed E-state index contributed by atoms with van der Waals surface area (Å²) in [6.07, 6.45) is 0.352. The normalized spacial score (nSPS) is 9.60. The van der Waals surface area contributed by atoms with Crippen LogP contribution in [-0.4, -0.2) is 23.2 Å². The predicted octanol–water partition coefficient (Wildman–Crippen LogP) is 1.84. The van der Waals surface area contributed by atoms with E-state index in [0.717, 1.165) is 5.56 Å². The van der Waals surface area contributed by atoms with Gasteiger partial charge in [0.25, 0.3) is 5.91 Å². The number of hydrogen-bond donors (Lipinski definition) is 2. The second-order valence-electron chi connectivity index (χ2n) is 4.04. The molecular formula is C14H13N5O. The smallest absolute Gasteiger partial charge is 0.276 e. The molecule has 0 aliphatic heterocycles. The molecule has 0 saturated carbocycles. The number of benzene rings is 1. The molecule has 0 atom stereocenters. The average molecular weight is 267 g/mol. The lowest BCUT2D eigenvalue weighted by Gasteiger charge is -2.05. The van der Waals surface area contributed by atoms with Crippen LogP contribution >= 0.6 is 0 Å². The zero-order valence-corrected chi connectivity index (χ0v) is 10.9. The third-order valence-electron chi connectivity index (χ3n) is 2.65. The van der Waals surface area contributed by atoms with Crippen LogP contribution in [-0.2, 0) is 6.42 Å². The molecule has 1 aromatic heterocycles. The summed E-state index contributed by atoms with van der Waals surface area (Å²) in [5, 5.41) is 21.8. The summed E-state index contributed by atoms with van der Waals surface area (Å²) in [6, 6.07) is 12.4. The number of rotatable bonds is 4. The average Bonchev–Trinajstić information content (AvgIpc) is 2.49. The molecule has 0 saturated heterocycles. The molecule has 0 fully saturated rings. The maximum absolute atomic E-state index is 11.9. The topological polar surface area (TPSA) is 90.7 Å². The second-order valence-corrected chi connectivity index (χ2v) is 4.04. The lowest BCUT2D eigenvalue weighted by atomic mass is 10.1. The van der Waals surface area contributed by atoms with E-state index in [1.807, 2.05) is 0 Å². The van der Waals surface area contributed by atoms with Gasteiger partial charge in [0.05, 0.1) is 12.5 Å². The van der Waals surface area contributed by atoms with Crippen molar-refractivity contribution in [2.75, 3.05) is 17.7 Å². The van der Waals surface area contributed by atoms with Gasteiger partial charge < -0.3 is 10.6 Å². The van der Waals surface area contributed by atoms with E-state index in [1.54, 1.807) is 43.4 Å². The second kappa shape index (κ2) is 6.29. The maximum atomic E-state index is 11.9. The Bertz CT molecular complexity index is 628. The molecule has 0 spiro atoms. The summed E-state index contributed by atoms with van der Waals surface area (Å²) in [5.74, 6) is 0.274. The van der Waals surface area contributed by atoms with E-state index in [-0.39, 0.29) is 11.6 Å². The number of aromatic nitrogens is 2. The third kappa shape index (κ3) is 3.29. The summed E-state index contributed by atoms with van der Waals surface area (Å²) in [7, 11) is 1.73. The monoisotopic (exact) mass is 267 g/mol. The Balaban J connectivity index is 2.05. The van der Waals surface area contributed by atoms with Gasteiger partial charge >= 0.3 is 0 Å². The first-order chi connectivity index (χ1) is 9.72. The zero-order chi connectivity index (χ0) is 14.4. The fraction of sp³-hybridized carbons (Fsp3) is 0.143. The Kier molecular flexibility index (Phi) is 4.24. The van der Waals surface area contributed by atoms with E-state index in [1.165, 1.54) is 0 Å². The molecule has 0 bridgehead atoms. The van der Waals surface area contributed by atoms with Gasteiger partial charge in [-0.3, -0.25) is 4.79 Å². The minimum absolute atomic E-state index is 0.241. The molecule has 2 aromatic rings. The van der Waals surface area contributed by atoms with Crippen LogP contribution in [0.2, 0.25) is 0 Å². The molecule has 1 amide bonds. The molecule has 1 aromatic carbocycles. The minimum Gasteiger partial charge on any atom is -0.372 e. The molecule has 100 valence electrons. The first-order valence-electron chi connectivity index (χ1n) is 6.01. The van der Waals surface area contributed by atoms with Crippen molar-refractivity contribution in [1.29, 1.82) is 5.26 Å². The van der Waals surface area contributed by atoms with E-state index in [0.29, 0.717) is 17.9 Å². The Labute approximate surface area is 116 Å². The number of carbonyl (C=O) groups excluding carboxylic acids is 1. The van der Waals surface area contributed by atoms with Gasteiger partial charge in [-0.1, -0.05) is 12.1 Å². The number of hydrogen-bond acceptors (Lipinski definition) is 5. The van der Waals surface area contributed by atoms with Crippen LogP contribution in [0.3, 0.4) is 0 Å². The zero-order valence-electron chi connectivity index (χ0n) is 10.9. The molecule has 6 nitrogen and oxygen atoms in total. The first-order valence-corrected chi connectivity index (χ1v) is 6.01. The highest BCUT2D eigenvalue weighted by atomic mass is 16.1. The highest BCUT2D eigenvalue weighted by Crippen LogP contribution is 2.11. The number of anilines is 2. The molecule has 0 unspecified atom stereocenters. The standard InChI is InChI=1S/C14H13N5O/c1-16-13-7-6-12(18-19-13)14(20)17-11-4-2-10(3-5-11)8-9-15/h2-7H,8H2,1H3,(H,16,19)(H,17,20). The van der Waals surface area contributed by atoms with E-state index in [2.05, 4.69) is 26.9 Å². The van der Waals surface area contributed by atoms with Crippen LogP contribution in [0.25, 0.3) is 0 Å². The lowest BCUT2D eigenvalue weighted by molar-refractivity contribution is 0.102. The van der Waals surface area contributed by atoms with Crippen LogP contribution in [0.15, 0.2) is 36.4 Å². The highest BCUT2D eigenvalue weighted by molar-refractivity contribution is 6.02. The van der Waals surface area contributed by atoms with Crippen LogP contribution in [0.4, 0.5) is 11.5 Å². The molecule has 0 aliphatic carbocycles. The number of carbonyl (C=O) groups is 1. The Morgan fingerprint density at radius 2 is 1.95 bits per heavy atom. The van der Waals surface area contributed by atoms with Crippen molar-refractivity contribution in [2.45, 2.75) is 6.42 Å². The quantitative estimate of drug-likeness (QED) is 0.882. The molecule has 2 rings (SSSR count). The minimum atomic E-state index is -0.326. The van der Waals surface area contributed by atoms with E-state index < -0.39 is 0 Å². The number of nitrogens with one attached hydrogen (secondary N) is 2. The molecular weight excluding hydrogens is 254 g/mol. The molecule has 2 N–H and O–H groups in total. The highest BCUT2D eigenvalue weighted by Gasteiger charge is 2.08. The van der Waals surface area contributed by atoms with Gasteiger partial charge in [0, 0.05) is 12.7 Å². The van der Waals surface area contributed by atoms with E-state index >= 15 is 0 Å². The van der Waals surface area contributed by atoms with Crippen molar-refractivity contribution in [2.24, 2.45) is 0 Å².